The molecular weight excluding hydrogens is 242 g/mol. The Morgan fingerprint density at radius 1 is 1.26 bits per heavy atom. The predicted molar refractivity (Wildman–Crippen MR) is 74.2 cm³/mol. The molecule has 4 nitrogen and oxygen atoms in total. The molecule has 1 atom stereocenters. The Balaban J connectivity index is 2.17. The summed E-state index contributed by atoms with van der Waals surface area (Å²) in [5.74, 6) is 1.29. The fourth-order valence-electron chi connectivity index (χ4n) is 3.07. The van der Waals surface area contributed by atoms with Crippen molar-refractivity contribution in [3.63, 3.8) is 0 Å². The van der Waals surface area contributed by atoms with E-state index < -0.39 is 0 Å². The lowest BCUT2D eigenvalue weighted by Gasteiger charge is -2.28. The van der Waals surface area contributed by atoms with Crippen molar-refractivity contribution in [3.8, 4) is 5.75 Å². The first-order chi connectivity index (χ1) is 9.20. The molecule has 1 aliphatic carbocycles. The standard InChI is InChI=1S/C15H21NO3/c1-19-14-9-7-13(8-10-14)15(11-16(17)18)12-5-3-2-4-6-12/h7-10,12,15H,2-6,11H2,1H3/t15-/m1/s1. The lowest BCUT2D eigenvalue weighted by atomic mass is 9.77. The quantitative estimate of drug-likeness (QED) is 0.602. The summed E-state index contributed by atoms with van der Waals surface area (Å²) in [5, 5.41) is 10.9. The molecule has 19 heavy (non-hydrogen) atoms. The molecule has 0 aromatic heterocycles. The van der Waals surface area contributed by atoms with Gasteiger partial charge in [0.1, 0.15) is 5.75 Å². The zero-order chi connectivity index (χ0) is 13.7. The molecule has 0 unspecified atom stereocenters. The number of rotatable bonds is 5. The normalized spacial score (nSPS) is 17.9. The first-order valence-corrected chi connectivity index (χ1v) is 6.96. The van der Waals surface area contributed by atoms with Crippen molar-refractivity contribution < 1.29 is 9.66 Å². The van der Waals surface area contributed by atoms with Crippen LogP contribution >= 0.6 is 0 Å². The zero-order valence-corrected chi connectivity index (χ0v) is 11.4. The highest BCUT2D eigenvalue weighted by molar-refractivity contribution is 5.30. The summed E-state index contributed by atoms with van der Waals surface area (Å²) in [6.45, 7) is 0.0387. The first kappa shape index (κ1) is 13.8. The van der Waals surface area contributed by atoms with Gasteiger partial charge in [-0.1, -0.05) is 31.4 Å². The molecule has 1 aromatic carbocycles. The highest BCUT2D eigenvalue weighted by Crippen LogP contribution is 2.36. The fourth-order valence-corrected chi connectivity index (χ4v) is 3.07. The Hall–Kier alpha value is -1.58. The van der Waals surface area contributed by atoms with Gasteiger partial charge in [-0.3, -0.25) is 10.1 Å². The molecule has 4 heteroatoms. The molecular formula is C15H21NO3. The molecule has 0 bridgehead atoms. The second-order valence-electron chi connectivity index (χ2n) is 5.29. The maximum absolute atomic E-state index is 10.9. The van der Waals surface area contributed by atoms with Crippen molar-refractivity contribution in [1.82, 2.24) is 0 Å². The monoisotopic (exact) mass is 263 g/mol. The van der Waals surface area contributed by atoms with Gasteiger partial charge in [0, 0.05) is 4.92 Å². The molecule has 0 spiro atoms. The Morgan fingerprint density at radius 3 is 2.42 bits per heavy atom. The number of nitro groups is 1. The van der Waals surface area contributed by atoms with Crippen LogP contribution in [0.4, 0.5) is 0 Å². The second kappa shape index (κ2) is 6.55. The van der Waals surface area contributed by atoms with Crippen molar-refractivity contribution in [1.29, 1.82) is 0 Å². The average molecular weight is 263 g/mol. The molecule has 0 heterocycles. The Labute approximate surface area is 113 Å². The average Bonchev–Trinajstić information content (AvgIpc) is 2.46. The van der Waals surface area contributed by atoms with Crippen LogP contribution in [0.2, 0.25) is 0 Å². The van der Waals surface area contributed by atoms with E-state index in [0.29, 0.717) is 5.92 Å². The molecule has 0 saturated heterocycles. The van der Waals surface area contributed by atoms with Crippen molar-refractivity contribution >= 4 is 0 Å². The summed E-state index contributed by atoms with van der Waals surface area (Å²) in [7, 11) is 1.63. The van der Waals surface area contributed by atoms with E-state index in [9.17, 15) is 10.1 Å². The molecule has 0 aliphatic heterocycles. The van der Waals surface area contributed by atoms with Gasteiger partial charge in [0.05, 0.1) is 13.0 Å². The van der Waals surface area contributed by atoms with E-state index >= 15 is 0 Å². The molecule has 1 aromatic rings. The van der Waals surface area contributed by atoms with Gasteiger partial charge < -0.3 is 4.74 Å². The molecule has 2 rings (SSSR count). The van der Waals surface area contributed by atoms with Crippen LogP contribution in [0, 0.1) is 16.0 Å². The summed E-state index contributed by atoms with van der Waals surface area (Å²) in [6, 6.07) is 7.74. The summed E-state index contributed by atoms with van der Waals surface area (Å²) in [4.78, 5) is 10.8. The molecule has 1 fully saturated rings. The van der Waals surface area contributed by atoms with Gasteiger partial charge in [0.15, 0.2) is 0 Å². The predicted octanol–water partition coefficient (Wildman–Crippen LogP) is 3.64. The van der Waals surface area contributed by atoms with Crippen LogP contribution in [0.3, 0.4) is 0 Å². The van der Waals surface area contributed by atoms with E-state index in [1.54, 1.807) is 7.11 Å². The maximum atomic E-state index is 10.9. The number of hydrogen-bond acceptors (Lipinski definition) is 3. The van der Waals surface area contributed by atoms with Gasteiger partial charge in [-0.05, 0) is 36.5 Å². The maximum Gasteiger partial charge on any atom is 0.210 e. The SMILES string of the molecule is COc1ccc([C@H](C[N+](=O)[O-])C2CCCCC2)cc1. The van der Waals surface area contributed by atoms with E-state index in [2.05, 4.69) is 0 Å². The topological polar surface area (TPSA) is 52.4 Å². The minimum Gasteiger partial charge on any atom is -0.497 e. The van der Waals surface area contributed by atoms with Crippen molar-refractivity contribution in [2.24, 2.45) is 5.92 Å². The summed E-state index contributed by atoms with van der Waals surface area (Å²) < 4.78 is 5.14. The lowest BCUT2D eigenvalue weighted by Crippen LogP contribution is -2.23. The van der Waals surface area contributed by atoms with E-state index in [4.69, 9.17) is 4.74 Å². The van der Waals surface area contributed by atoms with Gasteiger partial charge in [0.25, 0.3) is 0 Å². The third-order valence-electron chi connectivity index (χ3n) is 4.11. The minimum atomic E-state index is -0.177. The molecule has 0 radical (unpaired) electrons. The third kappa shape index (κ3) is 3.69. The number of nitrogens with zero attached hydrogens (tertiary/aromatic N) is 1. The van der Waals surface area contributed by atoms with Crippen LogP contribution in [0.15, 0.2) is 24.3 Å². The van der Waals surface area contributed by atoms with Gasteiger partial charge in [-0.25, -0.2) is 0 Å². The van der Waals surface area contributed by atoms with E-state index in [-0.39, 0.29) is 17.4 Å². The summed E-state index contributed by atoms with van der Waals surface area (Å²) >= 11 is 0. The van der Waals surface area contributed by atoms with Gasteiger partial charge in [-0.2, -0.15) is 0 Å². The van der Waals surface area contributed by atoms with Crippen LogP contribution in [0.25, 0.3) is 0 Å². The largest absolute Gasteiger partial charge is 0.497 e. The van der Waals surface area contributed by atoms with E-state index in [1.165, 1.54) is 19.3 Å². The number of benzene rings is 1. The van der Waals surface area contributed by atoms with Crippen molar-refractivity contribution in [2.75, 3.05) is 13.7 Å². The van der Waals surface area contributed by atoms with Crippen LogP contribution < -0.4 is 4.74 Å². The van der Waals surface area contributed by atoms with Gasteiger partial charge in [0.2, 0.25) is 6.54 Å². The summed E-state index contributed by atoms with van der Waals surface area (Å²) in [5.41, 5.74) is 1.07. The Bertz CT molecular complexity index is 410. The van der Waals surface area contributed by atoms with Crippen LogP contribution in [-0.4, -0.2) is 18.6 Å². The van der Waals surface area contributed by atoms with Crippen LogP contribution in [-0.2, 0) is 0 Å². The van der Waals surface area contributed by atoms with Gasteiger partial charge >= 0.3 is 0 Å². The minimum absolute atomic E-state index is 0.0387. The summed E-state index contributed by atoms with van der Waals surface area (Å²) in [6.07, 6.45) is 5.91. The van der Waals surface area contributed by atoms with Crippen LogP contribution in [0.5, 0.6) is 5.75 Å². The molecule has 1 aliphatic rings. The number of methoxy groups -OCH3 is 1. The first-order valence-electron chi connectivity index (χ1n) is 6.96. The molecule has 1 saturated carbocycles. The molecule has 104 valence electrons. The smallest absolute Gasteiger partial charge is 0.210 e. The molecule has 0 amide bonds. The van der Waals surface area contributed by atoms with Crippen molar-refractivity contribution in [2.45, 2.75) is 38.0 Å². The lowest BCUT2D eigenvalue weighted by molar-refractivity contribution is -0.485. The van der Waals surface area contributed by atoms with E-state index in [1.807, 2.05) is 24.3 Å². The Morgan fingerprint density at radius 2 is 1.89 bits per heavy atom. The number of hydrogen-bond donors (Lipinski definition) is 0. The highest BCUT2D eigenvalue weighted by atomic mass is 16.6. The van der Waals surface area contributed by atoms with Crippen molar-refractivity contribution in [3.05, 3.63) is 39.9 Å². The highest BCUT2D eigenvalue weighted by Gasteiger charge is 2.28. The fraction of sp³-hybridized carbons (Fsp3) is 0.600. The third-order valence-corrected chi connectivity index (χ3v) is 4.11. The zero-order valence-electron chi connectivity index (χ0n) is 11.4. The second-order valence-corrected chi connectivity index (χ2v) is 5.29. The number of ether oxygens (including phenoxy) is 1. The molecule has 0 N–H and O–H groups in total. The van der Waals surface area contributed by atoms with E-state index in [0.717, 1.165) is 24.2 Å². The Kier molecular flexibility index (Phi) is 4.77. The van der Waals surface area contributed by atoms with Gasteiger partial charge in [-0.15, -0.1) is 0 Å². The van der Waals surface area contributed by atoms with Crippen LogP contribution in [0.1, 0.15) is 43.6 Å².